The number of allylic oxidation sites excluding steroid dienone is 1. The molecule has 0 aliphatic carbocycles. The first kappa shape index (κ1) is 6.62. The fourth-order valence-electron chi connectivity index (χ4n) is 0.491. The van der Waals surface area contributed by atoms with Gasteiger partial charge in [0.2, 0.25) is 0 Å². The van der Waals surface area contributed by atoms with Crippen LogP contribution in [-0.2, 0) is 9.47 Å². The summed E-state index contributed by atoms with van der Waals surface area (Å²) in [5.41, 5.74) is 0. The smallest absolute Gasteiger partial charge is 0.116 e. The molecule has 1 saturated heterocycles. The molecule has 1 atom stereocenters. The van der Waals surface area contributed by atoms with Gasteiger partial charge < -0.3 is 9.47 Å². The van der Waals surface area contributed by atoms with Crippen LogP contribution >= 0.6 is 0 Å². The van der Waals surface area contributed by atoms with E-state index in [1.165, 1.54) is 0 Å². The highest BCUT2D eigenvalue weighted by Crippen LogP contribution is 2.08. The molecule has 0 aromatic rings. The van der Waals surface area contributed by atoms with Gasteiger partial charge in [-0.1, -0.05) is 13.0 Å². The molecule has 0 radical (unpaired) electrons. The Morgan fingerprint density at radius 2 is 2.56 bits per heavy atom. The van der Waals surface area contributed by atoms with Crippen molar-refractivity contribution >= 4 is 0 Å². The first-order valence-corrected chi connectivity index (χ1v) is 3.31. The summed E-state index contributed by atoms with van der Waals surface area (Å²) in [6, 6.07) is 0. The van der Waals surface area contributed by atoms with E-state index in [1.807, 2.05) is 6.08 Å². The van der Waals surface area contributed by atoms with Crippen molar-refractivity contribution < 1.29 is 9.47 Å². The van der Waals surface area contributed by atoms with Gasteiger partial charge in [-0.25, -0.2) is 0 Å². The van der Waals surface area contributed by atoms with E-state index in [1.54, 1.807) is 6.26 Å². The molecule has 2 heteroatoms. The van der Waals surface area contributed by atoms with Crippen molar-refractivity contribution in [2.24, 2.45) is 0 Å². The van der Waals surface area contributed by atoms with Crippen LogP contribution in [0.1, 0.15) is 13.3 Å². The van der Waals surface area contributed by atoms with Crippen LogP contribution in [-0.4, -0.2) is 19.3 Å². The molecule has 1 rings (SSSR count). The molecule has 1 unspecified atom stereocenters. The predicted molar refractivity (Wildman–Crippen MR) is 35.1 cm³/mol. The average Bonchev–Trinajstić information content (AvgIpc) is 2.63. The van der Waals surface area contributed by atoms with Crippen LogP contribution in [0.5, 0.6) is 0 Å². The first-order valence-electron chi connectivity index (χ1n) is 3.31. The summed E-state index contributed by atoms with van der Waals surface area (Å²) in [6.45, 7) is 3.67. The standard InChI is InChI=1S/C7H12O2/c1-2-3-4-8-5-7-6-9-7/h3-4,7H,2,5-6H2,1H3. The largest absolute Gasteiger partial charge is 0.499 e. The van der Waals surface area contributed by atoms with Crippen LogP contribution in [0.4, 0.5) is 0 Å². The Bertz CT molecular complexity index is 95.1. The average molecular weight is 128 g/mol. The summed E-state index contributed by atoms with van der Waals surface area (Å²) >= 11 is 0. The van der Waals surface area contributed by atoms with Crippen LogP contribution in [0.15, 0.2) is 12.3 Å². The summed E-state index contributed by atoms with van der Waals surface area (Å²) in [5, 5.41) is 0. The van der Waals surface area contributed by atoms with Crippen LogP contribution in [0, 0.1) is 0 Å². The van der Waals surface area contributed by atoms with Gasteiger partial charge in [-0.05, 0) is 6.42 Å². The third-order valence-corrected chi connectivity index (χ3v) is 1.11. The zero-order chi connectivity index (χ0) is 6.53. The zero-order valence-electron chi connectivity index (χ0n) is 5.67. The maximum Gasteiger partial charge on any atom is 0.116 e. The number of epoxide rings is 1. The maximum atomic E-state index is 5.09. The van der Waals surface area contributed by atoms with Crippen molar-refractivity contribution in [2.75, 3.05) is 13.2 Å². The van der Waals surface area contributed by atoms with Crippen molar-refractivity contribution in [1.82, 2.24) is 0 Å². The number of ether oxygens (including phenoxy) is 2. The molecule has 1 fully saturated rings. The van der Waals surface area contributed by atoms with Crippen LogP contribution in [0.2, 0.25) is 0 Å². The lowest BCUT2D eigenvalue weighted by molar-refractivity contribution is 0.212. The SMILES string of the molecule is CCC=COCC1CO1. The highest BCUT2D eigenvalue weighted by atomic mass is 16.6. The van der Waals surface area contributed by atoms with E-state index < -0.39 is 0 Å². The Morgan fingerprint density at radius 3 is 3.11 bits per heavy atom. The van der Waals surface area contributed by atoms with E-state index in [9.17, 15) is 0 Å². The molecular weight excluding hydrogens is 116 g/mol. The van der Waals surface area contributed by atoms with E-state index in [2.05, 4.69) is 6.92 Å². The van der Waals surface area contributed by atoms with Gasteiger partial charge in [-0.3, -0.25) is 0 Å². The molecule has 2 nitrogen and oxygen atoms in total. The molecule has 0 N–H and O–H groups in total. The number of rotatable bonds is 4. The summed E-state index contributed by atoms with van der Waals surface area (Å²) in [7, 11) is 0. The van der Waals surface area contributed by atoms with Crippen molar-refractivity contribution in [1.29, 1.82) is 0 Å². The van der Waals surface area contributed by atoms with E-state index in [-0.39, 0.29) is 0 Å². The van der Waals surface area contributed by atoms with Crippen molar-refractivity contribution in [3.63, 3.8) is 0 Å². The molecule has 52 valence electrons. The molecule has 0 amide bonds. The van der Waals surface area contributed by atoms with Crippen molar-refractivity contribution in [3.8, 4) is 0 Å². The Balaban J connectivity index is 1.85. The van der Waals surface area contributed by atoms with Gasteiger partial charge in [0.25, 0.3) is 0 Å². The van der Waals surface area contributed by atoms with Gasteiger partial charge in [-0.15, -0.1) is 0 Å². The monoisotopic (exact) mass is 128 g/mol. The third-order valence-electron chi connectivity index (χ3n) is 1.11. The summed E-state index contributed by atoms with van der Waals surface area (Å²) in [5.74, 6) is 0. The van der Waals surface area contributed by atoms with Crippen molar-refractivity contribution in [2.45, 2.75) is 19.4 Å². The topological polar surface area (TPSA) is 21.8 Å². The highest BCUT2D eigenvalue weighted by Gasteiger charge is 2.22. The van der Waals surface area contributed by atoms with Crippen LogP contribution in [0.25, 0.3) is 0 Å². The third kappa shape index (κ3) is 3.14. The lowest BCUT2D eigenvalue weighted by Gasteiger charge is -1.92. The predicted octanol–water partition coefficient (Wildman–Crippen LogP) is 1.33. The first-order chi connectivity index (χ1) is 4.43. The molecule has 0 bridgehead atoms. The summed E-state index contributed by atoms with van der Waals surface area (Å²) in [6.07, 6.45) is 5.14. The van der Waals surface area contributed by atoms with Gasteiger partial charge in [0.15, 0.2) is 0 Å². The Labute approximate surface area is 55.5 Å². The molecule has 0 aromatic carbocycles. The normalized spacial score (nSPS) is 24.8. The Kier molecular flexibility index (Phi) is 2.58. The molecule has 1 aliphatic heterocycles. The van der Waals surface area contributed by atoms with Gasteiger partial charge in [0.05, 0.1) is 12.9 Å². The van der Waals surface area contributed by atoms with Crippen molar-refractivity contribution in [3.05, 3.63) is 12.3 Å². The van der Waals surface area contributed by atoms with Gasteiger partial charge in [0, 0.05) is 0 Å². The van der Waals surface area contributed by atoms with E-state index >= 15 is 0 Å². The Morgan fingerprint density at radius 1 is 1.78 bits per heavy atom. The quantitative estimate of drug-likeness (QED) is 0.421. The van der Waals surface area contributed by atoms with Crippen LogP contribution in [0.3, 0.4) is 0 Å². The highest BCUT2D eigenvalue weighted by molar-refractivity contribution is 4.74. The minimum atomic E-state index is 0.381. The van der Waals surface area contributed by atoms with E-state index in [0.29, 0.717) is 6.10 Å². The fourth-order valence-corrected chi connectivity index (χ4v) is 0.491. The van der Waals surface area contributed by atoms with Gasteiger partial charge >= 0.3 is 0 Å². The lowest BCUT2D eigenvalue weighted by atomic mass is 10.5. The maximum absolute atomic E-state index is 5.09. The van der Waals surface area contributed by atoms with E-state index in [0.717, 1.165) is 19.6 Å². The number of hydrogen-bond donors (Lipinski definition) is 0. The minimum absolute atomic E-state index is 0.381. The second-order valence-electron chi connectivity index (χ2n) is 2.07. The second-order valence-corrected chi connectivity index (χ2v) is 2.07. The molecule has 1 heterocycles. The van der Waals surface area contributed by atoms with Gasteiger partial charge in [0.1, 0.15) is 12.7 Å². The van der Waals surface area contributed by atoms with Gasteiger partial charge in [-0.2, -0.15) is 0 Å². The summed E-state index contributed by atoms with van der Waals surface area (Å²) < 4.78 is 10.0. The lowest BCUT2D eigenvalue weighted by Crippen LogP contribution is -1.94. The molecule has 0 saturated carbocycles. The van der Waals surface area contributed by atoms with Crippen LogP contribution < -0.4 is 0 Å². The Hall–Kier alpha value is -0.500. The zero-order valence-corrected chi connectivity index (χ0v) is 5.67. The molecule has 1 aliphatic rings. The number of hydrogen-bond acceptors (Lipinski definition) is 2. The molecular formula is C7H12O2. The molecule has 9 heavy (non-hydrogen) atoms. The second kappa shape index (κ2) is 3.51. The summed E-state index contributed by atoms with van der Waals surface area (Å²) in [4.78, 5) is 0. The molecule has 0 aromatic heterocycles. The molecule has 0 spiro atoms. The minimum Gasteiger partial charge on any atom is -0.499 e. The van der Waals surface area contributed by atoms with E-state index in [4.69, 9.17) is 9.47 Å². The fraction of sp³-hybridized carbons (Fsp3) is 0.714.